The molecule has 1 fully saturated rings. The van der Waals surface area contributed by atoms with Crippen molar-refractivity contribution in [2.75, 3.05) is 13.2 Å². The molecule has 3 aromatic rings. The smallest absolute Gasteiger partial charge is 0.407 e. The Balaban J connectivity index is 1.38. The lowest BCUT2D eigenvalue weighted by molar-refractivity contribution is 0.0493. The Labute approximate surface area is 190 Å². The zero-order chi connectivity index (χ0) is 23.6. The first kappa shape index (κ1) is 22.8. The topological polar surface area (TPSA) is 109 Å². The average Bonchev–Trinajstić information content (AvgIpc) is 3.46. The van der Waals surface area contributed by atoms with E-state index in [1.807, 2.05) is 0 Å². The van der Waals surface area contributed by atoms with Crippen LogP contribution >= 0.6 is 0 Å². The first-order valence-electron chi connectivity index (χ1n) is 10.8. The predicted octanol–water partition coefficient (Wildman–Crippen LogP) is 4.50. The molecular formula is C23H27FN4O5. The summed E-state index contributed by atoms with van der Waals surface area (Å²) in [5, 5.41) is 2.69. The third-order valence-electron chi connectivity index (χ3n) is 4.70. The zero-order valence-electron chi connectivity index (χ0n) is 19.1. The number of oxazole rings is 1. The molecule has 9 nitrogen and oxygen atoms in total. The Morgan fingerprint density at radius 1 is 1.24 bits per heavy atom. The lowest BCUT2D eigenvalue weighted by Crippen LogP contribution is -2.40. The van der Waals surface area contributed by atoms with Crippen LogP contribution in [0.2, 0.25) is 0 Å². The van der Waals surface area contributed by atoms with Crippen LogP contribution in [0.5, 0.6) is 11.6 Å². The van der Waals surface area contributed by atoms with Crippen molar-refractivity contribution in [3.8, 4) is 23.2 Å². The molecule has 1 atom stereocenters. The average molecular weight is 458 g/mol. The number of halogens is 1. The van der Waals surface area contributed by atoms with Gasteiger partial charge in [-0.15, -0.1) is 0 Å². The van der Waals surface area contributed by atoms with E-state index >= 15 is 0 Å². The summed E-state index contributed by atoms with van der Waals surface area (Å²) in [6, 6.07) is 2.52. The maximum atomic E-state index is 14.6. The number of carbonyl (C=O) groups is 1. The zero-order valence-corrected chi connectivity index (χ0v) is 19.1. The highest BCUT2D eigenvalue weighted by molar-refractivity contribution is 5.75. The van der Waals surface area contributed by atoms with Crippen LogP contribution in [0.3, 0.4) is 0 Å². The van der Waals surface area contributed by atoms with E-state index in [0.29, 0.717) is 29.4 Å². The number of nitrogens with zero attached hydrogens (tertiary/aromatic N) is 3. The van der Waals surface area contributed by atoms with Crippen LogP contribution in [0.15, 0.2) is 28.9 Å². The van der Waals surface area contributed by atoms with E-state index in [1.165, 1.54) is 18.5 Å². The van der Waals surface area contributed by atoms with Crippen molar-refractivity contribution < 1.29 is 27.8 Å². The highest BCUT2D eigenvalue weighted by Gasteiger charge is 2.23. The molecule has 0 unspecified atom stereocenters. The SMILES string of the molecule is C[C@@H](COc1cc2oc(-c3ncc(OCC4CC4)cc3F)nc2cn1)NC(=O)OC(C)(C)C. The molecule has 3 heterocycles. The second kappa shape index (κ2) is 9.21. The molecule has 1 saturated carbocycles. The minimum atomic E-state index is -0.584. The normalized spacial score (nSPS) is 14.7. The second-order valence-electron chi connectivity index (χ2n) is 9.12. The van der Waals surface area contributed by atoms with Crippen molar-refractivity contribution in [1.29, 1.82) is 0 Å². The molecule has 1 aliphatic rings. The fourth-order valence-corrected chi connectivity index (χ4v) is 2.91. The fourth-order valence-electron chi connectivity index (χ4n) is 2.91. The van der Waals surface area contributed by atoms with Crippen molar-refractivity contribution >= 4 is 17.2 Å². The first-order chi connectivity index (χ1) is 15.7. The van der Waals surface area contributed by atoms with Gasteiger partial charge in [-0.2, -0.15) is 0 Å². The number of alkyl carbamates (subject to hydrolysis) is 1. The summed E-state index contributed by atoms with van der Waals surface area (Å²) < 4.78 is 36.7. The number of pyridine rings is 2. The van der Waals surface area contributed by atoms with Crippen LogP contribution in [-0.4, -0.2) is 45.9 Å². The minimum Gasteiger partial charge on any atom is -0.492 e. The van der Waals surface area contributed by atoms with E-state index in [1.54, 1.807) is 33.8 Å². The van der Waals surface area contributed by atoms with Gasteiger partial charge in [0.2, 0.25) is 11.8 Å². The number of aromatic nitrogens is 3. The molecule has 0 aromatic carbocycles. The van der Waals surface area contributed by atoms with Crippen LogP contribution in [0.4, 0.5) is 9.18 Å². The summed E-state index contributed by atoms with van der Waals surface area (Å²) in [7, 11) is 0. The van der Waals surface area contributed by atoms with Crippen LogP contribution in [-0.2, 0) is 4.74 Å². The molecule has 3 aromatic heterocycles. The lowest BCUT2D eigenvalue weighted by atomic mass is 10.2. The van der Waals surface area contributed by atoms with Gasteiger partial charge in [0.05, 0.1) is 25.0 Å². The number of carbonyl (C=O) groups excluding carboxylic acids is 1. The third-order valence-corrected chi connectivity index (χ3v) is 4.70. The third kappa shape index (κ3) is 6.30. The number of fused-ring (bicyclic) bond motifs is 1. The number of ether oxygens (including phenoxy) is 3. The summed E-state index contributed by atoms with van der Waals surface area (Å²) in [5.41, 5.74) is 0.215. The quantitative estimate of drug-likeness (QED) is 0.525. The Hall–Kier alpha value is -3.43. The highest BCUT2D eigenvalue weighted by atomic mass is 19.1. The molecule has 1 N–H and O–H groups in total. The molecule has 0 radical (unpaired) electrons. The second-order valence-corrected chi connectivity index (χ2v) is 9.12. The Morgan fingerprint density at radius 3 is 2.73 bits per heavy atom. The van der Waals surface area contributed by atoms with Crippen LogP contribution in [0.1, 0.15) is 40.5 Å². The molecule has 1 amide bonds. The fraction of sp³-hybridized carbons (Fsp3) is 0.478. The van der Waals surface area contributed by atoms with Gasteiger partial charge < -0.3 is 23.9 Å². The van der Waals surface area contributed by atoms with Gasteiger partial charge in [-0.1, -0.05) is 0 Å². The molecule has 0 spiro atoms. The molecule has 4 rings (SSSR count). The number of hydrogen-bond donors (Lipinski definition) is 1. The van der Waals surface area contributed by atoms with E-state index in [4.69, 9.17) is 18.6 Å². The molecular weight excluding hydrogens is 431 g/mol. The summed E-state index contributed by atoms with van der Waals surface area (Å²) in [6.07, 6.45) is 4.70. The van der Waals surface area contributed by atoms with Crippen molar-refractivity contribution in [2.24, 2.45) is 5.92 Å². The number of nitrogens with one attached hydrogen (secondary N) is 1. The Morgan fingerprint density at radius 2 is 2.03 bits per heavy atom. The van der Waals surface area contributed by atoms with Gasteiger partial charge >= 0.3 is 6.09 Å². The number of amides is 1. The van der Waals surface area contributed by atoms with Gasteiger partial charge in [0.1, 0.15) is 23.5 Å². The molecule has 0 bridgehead atoms. The largest absolute Gasteiger partial charge is 0.492 e. The molecule has 33 heavy (non-hydrogen) atoms. The van der Waals surface area contributed by atoms with Gasteiger partial charge in [-0.3, -0.25) is 0 Å². The minimum absolute atomic E-state index is 0.0115. The van der Waals surface area contributed by atoms with E-state index in [9.17, 15) is 9.18 Å². The van der Waals surface area contributed by atoms with Crippen LogP contribution in [0, 0.1) is 11.7 Å². The molecule has 10 heteroatoms. The van der Waals surface area contributed by atoms with Crippen molar-refractivity contribution in [3.05, 3.63) is 30.3 Å². The molecule has 0 saturated heterocycles. The monoisotopic (exact) mass is 458 g/mol. The standard InChI is InChI=1S/C23H27FN4O5/c1-13(27-22(29)33-23(2,3)4)11-31-19-8-18-17(10-25-19)28-21(32-18)20-16(24)7-15(9-26-20)30-12-14-5-6-14/h7-10,13-14H,5-6,11-12H2,1-4H3,(H,27,29)/t13-/m0/s1. The van der Waals surface area contributed by atoms with Crippen molar-refractivity contribution in [1.82, 2.24) is 20.3 Å². The van der Waals surface area contributed by atoms with E-state index < -0.39 is 17.5 Å². The molecule has 0 aliphatic heterocycles. The van der Waals surface area contributed by atoms with Crippen molar-refractivity contribution in [3.63, 3.8) is 0 Å². The maximum Gasteiger partial charge on any atom is 0.407 e. The summed E-state index contributed by atoms with van der Waals surface area (Å²) in [6.45, 7) is 7.88. The molecule has 1 aliphatic carbocycles. The Bertz CT molecular complexity index is 1140. The Kier molecular flexibility index (Phi) is 6.35. The van der Waals surface area contributed by atoms with Gasteiger partial charge in [0.25, 0.3) is 0 Å². The van der Waals surface area contributed by atoms with E-state index in [0.717, 1.165) is 12.8 Å². The van der Waals surface area contributed by atoms with Crippen LogP contribution in [0.25, 0.3) is 22.7 Å². The maximum absolute atomic E-state index is 14.6. The van der Waals surface area contributed by atoms with Gasteiger partial charge in [0, 0.05) is 12.1 Å². The summed E-state index contributed by atoms with van der Waals surface area (Å²) in [5.74, 6) is 0.673. The number of rotatable bonds is 8. The van der Waals surface area contributed by atoms with Gasteiger partial charge in [-0.05, 0) is 46.5 Å². The summed E-state index contributed by atoms with van der Waals surface area (Å²) >= 11 is 0. The predicted molar refractivity (Wildman–Crippen MR) is 118 cm³/mol. The van der Waals surface area contributed by atoms with E-state index in [-0.39, 0.29) is 30.1 Å². The van der Waals surface area contributed by atoms with E-state index in [2.05, 4.69) is 20.3 Å². The number of hydrogen-bond acceptors (Lipinski definition) is 8. The highest BCUT2D eigenvalue weighted by Crippen LogP contribution is 2.31. The van der Waals surface area contributed by atoms with Crippen molar-refractivity contribution in [2.45, 2.75) is 52.2 Å². The lowest BCUT2D eigenvalue weighted by Gasteiger charge is -2.21. The molecule has 176 valence electrons. The summed E-state index contributed by atoms with van der Waals surface area (Å²) in [4.78, 5) is 24.4. The van der Waals surface area contributed by atoms with Crippen LogP contribution < -0.4 is 14.8 Å². The first-order valence-corrected chi connectivity index (χ1v) is 10.8. The van der Waals surface area contributed by atoms with Gasteiger partial charge in [0.15, 0.2) is 17.1 Å². The van der Waals surface area contributed by atoms with Gasteiger partial charge in [-0.25, -0.2) is 24.1 Å².